The van der Waals surface area contributed by atoms with Gasteiger partial charge in [0.1, 0.15) is 0 Å². The van der Waals surface area contributed by atoms with Gasteiger partial charge in [0.15, 0.2) is 0 Å². The summed E-state index contributed by atoms with van der Waals surface area (Å²) in [4.78, 5) is 14.5. The molecule has 0 aliphatic carbocycles. The third-order valence-electron chi connectivity index (χ3n) is 3.30. The Morgan fingerprint density at radius 2 is 2.28 bits per heavy atom. The van der Waals surface area contributed by atoms with E-state index in [1.54, 1.807) is 0 Å². The van der Waals surface area contributed by atoms with Crippen molar-refractivity contribution in [3.05, 3.63) is 0 Å². The van der Waals surface area contributed by atoms with E-state index < -0.39 is 0 Å². The zero-order chi connectivity index (χ0) is 13.5. The molecule has 1 saturated heterocycles. The zero-order valence-electron chi connectivity index (χ0n) is 11.4. The van der Waals surface area contributed by atoms with Gasteiger partial charge in [0.25, 0.3) is 0 Å². The SMILES string of the molecule is CCCOC1CCCN(C(=O)C(CC)C(N)=S)C1. The van der Waals surface area contributed by atoms with Gasteiger partial charge in [0.05, 0.1) is 17.0 Å². The normalized spacial score (nSPS) is 21.7. The molecule has 4 nitrogen and oxygen atoms in total. The lowest BCUT2D eigenvalue weighted by Gasteiger charge is -2.34. The third kappa shape index (κ3) is 4.21. The molecule has 104 valence electrons. The molecule has 0 spiro atoms. The van der Waals surface area contributed by atoms with E-state index in [4.69, 9.17) is 22.7 Å². The Kier molecular flexibility index (Phi) is 6.57. The number of hydrogen-bond donors (Lipinski definition) is 1. The van der Waals surface area contributed by atoms with Gasteiger partial charge >= 0.3 is 0 Å². The number of nitrogens with zero attached hydrogens (tertiary/aromatic N) is 1. The van der Waals surface area contributed by atoms with Crippen LogP contribution in [0.5, 0.6) is 0 Å². The molecule has 1 amide bonds. The third-order valence-corrected chi connectivity index (χ3v) is 3.58. The van der Waals surface area contributed by atoms with Crippen LogP contribution in [0.25, 0.3) is 0 Å². The summed E-state index contributed by atoms with van der Waals surface area (Å²) in [5.74, 6) is -0.250. The molecule has 18 heavy (non-hydrogen) atoms. The van der Waals surface area contributed by atoms with Crippen LogP contribution in [0.15, 0.2) is 0 Å². The zero-order valence-corrected chi connectivity index (χ0v) is 12.2. The maximum absolute atomic E-state index is 12.3. The Balaban J connectivity index is 2.54. The highest BCUT2D eigenvalue weighted by Gasteiger charge is 2.29. The van der Waals surface area contributed by atoms with Crippen molar-refractivity contribution in [3.8, 4) is 0 Å². The van der Waals surface area contributed by atoms with Gasteiger partial charge in [-0.1, -0.05) is 26.1 Å². The van der Waals surface area contributed by atoms with Gasteiger partial charge in [-0.05, 0) is 25.7 Å². The van der Waals surface area contributed by atoms with Crippen LogP contribution in [0, 0.1) is 5.92 Å². The van der Waals surface area contributed by atoms with Crippen molar-refractivity contribution in [2.24, 2.45) is 11.7 Å². The van der Waals surface area contributed by atoms with Crippen molar-refractivity contribution < 1.29 is 9.53 Å². The van der Waals surface area contributed by atoms with Crippen LogP contribution in [0.4, 0.5) is 0 Å². The molecule has 1 rings (SSSR count). The number of hydrogen-bond acceptors (Lipinski definition) is 3. The average Bonchev–Trinajstić information content (AvgIpc) is 2.37. The number of carbonyl (C=O) groups is 1. The highest BCUT2D eigenvalue weighted by molar-refractivity contribution is 7.80. The molecular formula is C13H24N2O2S. The summed E-state index contributed by atoms with van der Waals surface area (Å²) in [6, 6.07) is 0. The Bertz CT molecular complexity index is 297. The molecule has 2 N–H and O–H groups in total. The first-order valence-electron chi connectivity index (χ1n) is 6.79. The number of likely N-dealkylation sites (tertiary alicyclic amines) is 1. The number of carbonyl (C=O) groups excluding carboxylic acids is 1. The van der Waals surface area contributed by atoms with Gasteiger partial charge in [-0.25, -0.2) is 0 Å². The summed E-state index contributed by atoms with van der Waals surface area (Å²) in [7, 11) is 0. The first kappa shape index (κ1) is 15.4. The summed E-state index contributed by atoms with van der Waals surface area (Å²) in [5, 5.41) is 0. The van der Waals surface area contributed by atoms with Gasteiger partial charge in [-0.3, -0.25) is 4.79 Å². The summed E-state index contributed by atoms with van der Waals surface area (Å²) >= 11 is 4.96. The predicted molar refractivity (Wildman–Crippen MR) is 76.4 cm³/mol. The standard InChI is InChI=1S/C13H24N2O2S/c1-3-8-17-10-6-5-7-15(9-10)13(16)11(4-2)12(14)18/h10-11H,3-9H2,1-2H3,(H2,14,18). The van der Waals surface area contributed by atoms with Crippen LogP contribution in [0.2, 0.25) is 0 Å². The van der Waals surface area contributed by atoms with E-state index in [-0.39, 0.29) is 17.9 Å². The van der Waals surface area contributed by atoms with E-state index in [0.29, 0.717) is 18.0 Å². The Morgan fingerprint density at radius 3 is 2.83 bits per heavy atom. The van der Waals surface area contributed by atoms with E-state index in [0.717, 1.165) is 32.4 Å². The van der Waals surface area contributed by atoms with Gasteiger partial charge in [-0.15, -0.1) is 0 Å². The Labute approximate surface area is 115 Å². The highest BCUT2D eigenvalue weighted by Crippen LogP contribution is 2.17. The summed E-state index contributed by atoms with van der Waals surface area (Å²) in [6.07, 6.45) is 3.88. The van der Waals surface area contributed by atoms with Gasteiger partial charge in [0, 0.05) is 19.7 Å². The van der Waals surface area contributed by atoms with E-state index in [1.807, 2.05) is 11.8 Å². The molecule has 2 unspecified atom stereocenters. The fraction of sp³-hybridized carbons (Fsp3) is 0.846. The molecular weight excluding hydrogens is 248 g/mol. The molecule has 1 aliphatic heterocycles. The monoisotopic (exact) mass is 272 g/mol. The van der Waals surface area contributed by atoms with E-state index in [9.17, 15) is 4.79 Å². The fourth-order valence-electron chi connectivity index (χ4n) is 2.28. The van der Waals surface area contributed by atoms with Crippen molar-refractivity contribution >= 4 is 23.1 Å². The van der Waals surface area contributed by atoms with E-state index >= 15 is 0 Å². The van der Waals surface area contributed by atoms with Crippen LogP contribution in [0.1, 0.15) is 39.5 Å². The van der Waals surface area contributed by atoms with Gasteiger partial charge in [0.2, 0.25) is 5.91 Å². The van der Waals surface area contributed by atoms with Crippen molar-refractivity contribution in [2.45, 2.75) is 45.6 Å². The maximum atomic E-state index is 12.3. The van der Waals surface area contributed by atoms with Crippen LogP contribution in [0.3, 0.4) is 0 Å². The lowest BCUT2D eigenvalue weighted by Crippen LogP contribution is -2.48. The summed E-state index contributed by atoms with van der Waals surface area (Å²) in [5.41, 5.74) is 5.62. The first-order chi connectivity index (χ1) is 8.60. The van der Waals surface area contributed by atoms with Crippen LogP contribution < -0.4 is 5.73 Å². The van der Waals surface area contributed by atoms with Crippen LogP contribution >= 0.6 is 12.2 Å². The lowest BCUT2D eigenvalue weighted by atomic mass is 10.0. The molecule has 0 saturated carbocycles. The van der Waals surface area contributed by atoms with E-state index in [2.05, 4.69) is 6.92 Å². The molecule has 0 aromatic rings. The minimum Gasteiger partial charge on any atom is -0.393 e. The topological polar surface area (TPSA) is 55.6 Å². The quantitative estimate of drug-likeness (QED) is 0.748. The molecule has 1 fully saturated rings. The fourth-order valence-corrected chi connectivity index (χ4v) is 2.54. The van der Waals surface area contributed by atoms with Gasteiger partial charge < -0.3 is 15.4 Å². The predicted octanol–water partition coefficient (Wildman–Crippen LogP) is 1.72. The Morgan fingerprint density at radius 1 is 1.56 bits per heavy atom. The van der Waals surface area contributed by atoms with Crippen molar-refractivity contribution in [1.29, 1.82) is 0 Å². The molecule has 0 aromatic heterocycles. The highest BCUT2D eigenvalue weighted by atomic mass is 32.1. The number of thiocarbonyl (C=S) groups is 1. The minimum absolute atomic E-state index is 0.0646. The average molecular weight is 272 g/mol. The number of ether oxygens (including phenoxy) is 1. The van der Waals surface area contributed by atoms with Crippen molar-refractivity contribution in [3.63, 3.8) is 0 Å². The largest absolute Gasteiger partial charge is 0.393 e. The molecule has 0 radical (unpaired) electrons. The molecule has 2 atom stereocenters. The number of rotatable bonds is 6. The summed E-state index contributed by atoms with van der Waals surface area (Å²) in [6.45, 7) is 6.27. The molecule has 1 heterocycles. The summed E-state index contributed by atoms with van der Waals surface area (Å²) < 4.78 is 5.73. The molecule has 5 heteroatoms. The second-order valence-electron chi connectivity index (χ2n) is 4.78. The first-order valence-corrected chi connectivity index (χ1v) is 7.20. The van der Waals surface area contributed by atoms with Crippen molar-refractivity contribution in [1.82, 2.24) is 4.90 Å². The van der Waals surface area contributed by atoms with Crippen LogP contribution in [-0.2, 0) is 9.53 Å². The molecule has 0 aromatic carbocycles. The lowest BCUT2D eigenvalue weighted by molar-refractivity contribution is -0.137. The minimum atomic E-state index is -0.315. The second-order valence-corrected chi connectivity index (χ2v) is 5.25. The molecule has 0 bridgehead atoms. The number of nitrogens with two attached hydrogens (primary N) is 1. The van der Waals surface area contributed by atoms with Crippen molar-refractivity contribution in [2.75, 3.05) is 19.7 Å². The van der Waals surface area contributed by atoms with E-state index in [1.165, 1.54) is 0 Å². The number of amides is 1. The van der Waals surface area contributed by atoms with Crippen LogP contribution in [-0.4, -0.2) is 41.6 Å². The second kappa shape index (κ2) is 7.69. The smallest absolute Gasteiger partial charge is 0.232 e. The Hall–Kier alpha value is -0.680. The number of piperidine rings is 1. The maximum Gasteiger partial charge on any atom is 0.232 e. The van der Waals surface area contributed by atoms with Gasteiger partial charge in [-0.2, -0.15) is 0 Å². The molecule has 1 aliphatic rings.